The van der Waals surface area contributed by atoms with Crippen LogP contribution in [0.3, 0.4) is 0 Å². The van der Waals surface area contributed by atoms with Gasteiger partial charge in [0, 0.05) is 18.0 Å². The van der Waals surface area contributed by atoms with Crippen LogP contribution in [0.25, 0.3) is 11.0 Å². The summed E-state index contributed by atoms with van der Waals surface area (Å²) in [4.78, 5) is 17.0. The lowest BCUT2D eigenvalue weighted by Crippen LogP contribution is -2.24. The number of nitrogens with zero attached hydrogens (tertiary/aromatic N) is 3. The summed E-state index contributed by atoms with van der Waals surface area (Å²) in [5.74, 6) is -0.113. The Hall–Kier alpha value is -2.69. The minimum Gasteiger partial charge on any atom is -0.348 e. The molecular formula is C18H20N4O. The van der Waals surface area contributed by atoms with Crippen molar-refractivity contribution < 1.29 is 4.79 Å². The zero-order valence-corrected chi connectivity index (χ0v) is 13.6. The number of pyridine rings is 1. The van der Waals surface area contributed by atoms with E-state index in [0.29, 0.717) is 17.8 Å². The van der Waals surface area contributed by atoms with Crippen molar-refractivity contribution in [3.63, 3.8) is 0 Å². The second-order valence-corrected chi connectivity index (χ2v) is 5.89. The van der Waals surface area contributed by atoms with Gasteiger partial charge in [-0.25, -0.2) is 9.67 Å². The van der Waals surface area contributed by atoms with Gasteiger partial charge < -0.3 is 5.32 Å². The molecule has 1 aromatic carbocycles. The van der Waals surface area contributed by atoms with Crippen LogP contribution in [0.15, 0.2) is 42.6 Å². The number of aryl methyl sites for hydroxylation is 1. The van der Waals surface area contributed by atoms with Crippen LogP contribution in [0.4, 0.5) is 0 Å². The summed E-state index contributed by atoms with van der Waals surface area (Å²) >= 11 is 0. The molecule has 23 heavy (non-hydrogen) atoms. The van der Waals surface area contributed by atoms with Crippen molar-refractivity contribution in [1.82, 2.24) is 20.1 Å². The second-order valence-electron chi connectivity index (χ2n) is 5.89. The molecule has 5 heteroatoms. The molecule has 0 bridgehead atoms. The number of nitrogens with one attached hydrogen (secondary N) is 1. The first-order valence-corrected chi connectivity index (χ1v) is 7.73. The summed E-state index contributed by atoms with van der Waals surface area (Å²) in [5.41, 5.74) is 3.19. The molecule has 2 aromatic heterocycles. The standard InChI is InChI=1S/C18H20N4O/c1-12(2)22-17-15(11-20-22)9-16(13(3)21-17)18(23)19-10-14-7-5-4-6-8-14/h4-9,11-12H,10H2,1-3H3,(H,19,23). The Morgan fingerprint density at radius 2 is 2.00 bits per heavy atom. The molecule has 3 aromatic rings. The van der Waals surface area contributed by atoms with Gasteiger partial charge in [0.25, 0.3) is 5.91 Å². The first kappa shape index (κ1) is 15.2. The number of hydrogen-bond acceptors (Lipinski definition) is 3. The molecule has 0 aliphatic heterocycles. The number of amides is 1. The lowest BCUT2D eigenvalue weighted by molar-refractivity contribution is 0.0950. The molecule has 5 nitrogen and oxygen atoms in total. The van der Waals surface area contributed by atoms with Gasteiger partial charge in [-0.1, -0.05) is 30.3 Å². The Morgan fingerprint density at radius 3 is 2.70 bits per heavy atom. The number of fused-ring (bicyclic) bond motifs is 1. The van der Waals surface area contributed by atoms with Crippen molar-refractivity contribution in [3.05, 3.63) is 59.4 Å². The maximum absolute atomic E-state index is 12.4. The lowest BCUT2D eigenvalue weighted by atomic mass is 10.1. The van der Waals surface area contributed by atoms with E-state index in [1.165, 1.54) is 0 Å². The minimum absolute atomic E-state index is 0.113. The van der Waals surface area contributed by atoms with E-state index in [4.69, 9.17) is 0 Å². The number of hydrogen-bond donors (Lipinski definition) is 1. The van der Waals surface area contributed by atoms with E-state index in [9.17, 15) is 4.79 Å². The highest BCUT2D eigenvalue weighted by atomic mass is 16.1. The summed E-state index contributed by atoms with van der Waals surface area (Å²) in [7, 11) is 0. The molecular weight excluding hydrogens is 288 g/mol. The molecule has 0 radical (unpaired) electrons. The van der Waals surface area contributed by atoms with Crippen molar-refractivity contribution in [2.75, 3.05) is 0 Å². The predicted molar refractivity (Wildman–Crippen MR) is 90.3 cm³/mol. The number of rotatable bonds is 4. The molecule has 1 amide bonds. The van der Waals surface area contributed by atoms with Gasteiger partial charge in [0.05, 0.1) is 17.5 Å². The summed E-state index contributed by atoms with van der Waals surface area (Å²) in [6.45, 7) is 6.48. The topological polar surface area (TPSA) is 59.8 Å². The maximum atomic E-state index is 12.4. The molecule has 0 aliphatic carbocycles. The summed E-state index contributed by atoms with van der Waals surface area (Å²) < 4.78 is 1.87. The van der Waals surface area contributed by atoms with Crippen molar-refractivity contribution in [1.29, 1.82) is 0 Å². The smallest absolute Gasteiger partial charge is 0.253 e. The molecule has 0 aliphatic rings. The molecule has 3 rings (SSSR count). The third-order valence-electron chi connectivity index (χ3n) is 3.79. The molecule has 0 saturated heterocycles. The van der Waals surface area contributed by atoms with Crippen LogP contribution < -0.4 is 5.32 Å². The van der Waals surface area contributed by atoms with E-state index < -0.39 is 0 Å². The van der Waals surface area contributed by atoms with Crippen molar-refractivity contribution in [2.45, 2.75) is 33.4 Å². The quantitative estimate of drug-likeness (QED) is 0.805. The summed E-state index contributed by atoms with van der Waals surface area (Å²) in [6, 6.07) is 11.9. The fourth-order valence-electron chi connectivity index (χ4n) is 2.55. The van der Waals surface area contributed by atoms with Crippen molar-refractivity contribution >= 4 is 16.9 Å². The Bertz CT molecular complexity index is 837. The molecule has 0 unspecified atom stereocenters. The highest BCUT2D eigenvalue weighted by Gasteiger charge is 2.15. The number of carbonyl (C=O) groups excluding carboxylic acids is 1. The third kappa shape index (κ3) is 3.08. The van der Waals surface area contributed by atoms with E-state index in [-0.39, 0.29) is 11.9 Å². The van der Waals surface area contributed by atoms with Gasteiger partial charge in [-0.15, -0.1) is 0 Å². The molecule has 0 fully saturated rings. The second kappa shape index (κ2) is 6.20. The van der Waals surface area contributed by atoms with E-state index in [1.54, 1.807) is 6.20 Å². The Morgan fingerprint density at radius 1 is 1.26 bits per heavy atom. The molecule has 2 heterocycles. The van der Waals surface area contributed by atoms with E-state index in [0.717, 1.165) is 16.6 Å². The van der Waals surface area contributed by atoms with Gasteiger partial charge in [-0.2, -0.15) is 5.10 Å². The summed E-state index contributed by atoms with van der Waals surface area (Å²) in [6.07, 6.45) is 1.76. The first-order chi connectivity index (χ1) is 11.1. The highest BCUT2D eigenvalue weighted by molar-refractivity contribution is 5.98. The monoisotopic (exact) mass is 308 g/mol. The molecule has 0 saturated carbocycles. The Balaban J connectivity index is 1.84. The third-order valence-corrected chi connectivity index (χ3v) is 3.79. The van der Waals surface area contributed by atoms with Crippen LogP contribution in [0, 0.1) is 6.92 Å². The predicted octanol–water partition coefficient (Wildman–Crippen LogP) is 3.25. The van der Waals surface area contributed by atoms with Crippen LogP contribution in [-0.2, 0) is 6.54 Å². The summed E-state index contributed by atoms with van der Waals surface area (Å²) in [5, 5.41) is 8.18. The number of carbonyl (C=O) groups is 1. The van der Waals surface area contributed by atoms with Crippen molar-refractivity contribution in [2.24, 2.45) is 0 Å². The van der Waals surface area contributed by atoms with Gasteiger partial charge in [0.2, 0.25) is 0 Å². The van der Waals surface area contributed by atoms with Gasteiger partial charge in [-0.05, 0) is 32.4 Å². The molecule has 1 N–H and O–H groups in total. The van der Waals surface area contributed by atoms with Crippen LogP contribution in [0.1, 0.15) is 41.5 Å². The number of aromatic nitrogens is 3. The normalized spacial score (nSPS) is 11.1. The maximum Gasteiger partial charge on any atom is 0.253 e. The molecule has 118 valence electrons. The fraction of sp³-hybridized carbons (Fsp3) is 0.278. The average molecular weight is 308 g/mol. The zero-order chi connectivity index (χ0) is 16.4. The lowest BCUT2D eigenvalue weighted by Gasteiger charge is -2.10. The molecule has 0 atom stereocenters. The van der Waals surface area contributed by atoms with Crippen LogP contribution >= 0.6 is 0 Å². The number of benzene rings is 1. The van der Waals surface area contributed by atoms with Crippen LogP contribution in [0.5, 0.6) is 0 Å². The highest BCUT2D eigenvalue weighted by Crippen LogP contribution is 2.19. The first-order valence-electron chi connectivity index (χ1n) is 7.73. The van der Waals surface area contributed by atoms with E-state index >= 15 is 0 Å². The Kier molecular flexibility index (Phi) is 4.10. The fourth-order valence-corrected chi connectivity index (χ4v) is 2.55. The minimum atomic E-state index is -0.113. The van der Waals surface area contributed by atoms with Gasteiger partial charge in [-0.3, -0.25) is 4.79 Å². The largest absolute Gasteiger partial charge is 0.348 e. The molecule has 0 spiro atoms. The van der Waals surface area contributed by atoms with Gasteiger partial charge in [0.1, 0.15) is 0 Å². The van der Waals surface area contributed by atoms with E-state index in [2.05, 4.69) is 29.2 Å². The zero-order valence-electron chi connectivity index (χ0n) is 13.6. The van der Waals surface area contributed by atoms with Crippen LogP contribution in [0.2, 0.25) is 0 Å². The van der Waals surface area contributed by atoms with Gasteiger partial charge >= 0.3 is 0 Å². The SMILES string of the molecule is Cc1nc2c(cnn2C(C)C)cc1C(=O)NCc1ccccc1. The van der Waals surface area contributed by atoms with Gasteiger partial charge in [0.15, 0.2) is 5.65 Å². The average Bonchev–Trinajstić information content (AvgIpc) is 2.95. The van der Waals surface area contributed by atoms with Crippen LogP contribution in [-0.4, -0.2) is 20.7 Å². The van der Waals surface area contributed by atoms with Crippen molar-refractivity contribution in [3.8, 4) is 0 Å². The Labute approximate surface area is 135 Å². The van der Waals surface area contributed by atoms with E-state index in [1.807, 2.05) is 48.0 Å².